The lowest BCUT2D eigenvalue weighted by atomic mass is 9.79. The summed E-state index contributed by atoms with van der Waals surface area (Å²) in [7, 11) is 1.62. The second-order valence-corrected chi connectivity index (χ2v) is 6.23. The van der Waals surface area contributed by atoms with E-state index in [9.17, 15) is 9.90 Å². The quantitative estimate of drug-likeness (QED) is 0.875. The van der Waals surface area contributed by atoms with Crippen molar-refractivity contribution in [2.45, 2.75) is 44.6 Å². The smallest absolute Gasteiger partial charge is 0.224 e. The van der Waals surface area contributed by atoms with Gasteiger partial charge < -0.3 is 15.2 Å². The van der Waals surface area contributed by atoms with Gasteiger partial charge in [0.1, 0.15) is 5.75 Å². The fraction of sp³-hybridized carbons (Fsp3) is 0.588. The molecule has 116 valence electrons. The summed E-state index contributed by atoms with van der Waals surface area (Å²) in [4.78, 5) is 12.0. The summed E-state index contributed by atoms with van der Waals surface area (Å²) in [5, 5.41) is 13.4. The van der Waals surface area contributed by atoms with Gasteiger partial charge in [-0.25, -0.2) is 0 Å². The van der Waals surface area contributed by atoms with E-state index in [1.54, 1.807) is 7.11 Å². The Hall–Kier alpha value is -1.55. The molecule has 2 unspecified atom stereocenters. The lowest BCUT2D eigenvalue weighted by Gasteiger charge is -2.35. The molecule has 1 aliphatic rings. The first-order valence-electron chi connectivity index (χ1n) is 7.63. The molecule has 0 saturated heterocycles. The van der Waals surface area contributed by atoms with E-state index < -0.39 is 5.60 Å². The summed E-state index contributed by atoms with van der Waals surface area (Å²) < 4.78 is 5.09. The maximum atomic E-state index is 12.0. The molecule has 1 aliphatic carbocycles. The number of methoxy groups -OCH3 is 1. The van der Waals surface area contributed by atoms with Gasteiger partial charge in [-0.3, -0.25) is 4.79 Å². The van der Waals surface area contributed by atoms with Crippen molar-refractivity contribution in [3.63, 3.8) is 0 Å². The van der Waals surface area contributed by atoms with Crippen molar-refractivity contribution >= 4 is 5.91 Å². The Morgan fingerprint density at radius 2 is 2.14 bits per heavy atom. The molecule has 1 amide bonds. The minimum Gasteiger partial charge on any atom is -0.497 e. The molecule has 2 atom stereocenters. The first-order chi connectivity index (χ1) is 10.0. The molecule has 0 spiro atoms. The number of benzene rings is 1. The van der Waals surface area contributed by atoms with E-state index in [-0.39, 0.29) is 5.91 Å². The van der Waals surface area contributed by atoms with Gasteiger partial charge in [-0.15, -0.1) is 0 Å². The Kier molecular flexibility index (Phi) is 5.23. The zero-order valence-corrected chi connectivity index (χ0v) is 12.9. The van der Waals surface area contributed by atoms with Gasteiger partial charge in [0.25, 0.3) is 0 Å². The van der Waals surface area contributed by atoms with Gasteiger partial charge in [-0.2, -0.15) is 0 Å². The molecule has 2 N–H and O–H groups in total. The SMILES string of the molecule is COc1ccc(CC(=O)NCC2(O)CCCC(C)C2)cc1. The van der Waals surface area contributed by atoms with Crippen LogP contribution in [0.15, 0.2) is 24.3 Å². The lowest BCUT2D eigenvalue weighted by Crippen LogP contribution is -2.46. The van der Waals surface area contributed by atoms with E-state index in [1.165, 1.54) is 6.42 Å². The third-order valence-corrected chi connectivity index (χ3v) is 4.21. The monoisotopic (exact) mass is 291 g/mol. The van der Waals surface area contributed by atoms with Crippen LogP contribution in [0.2, 0.25) is 0 Å². The molecule has 0 aromatic heterocycles. The van der Waals surface area contributed by atoms with E-state index in [1.807, 2.05) is 24.3 Å². The van der Waals surface area contributed by atoms with E-state index in [0.29, 0.717) is 18.9 Å². The highest BCUT2D eigenvalue weighted by molar-refractivity contribution is 5.78. The van der Waals surface area contributed by atoms with Crippen LogP contribution in [0.3, 0.4) is 0 Å². The fourth-order valence-electron chi connectivity index (χ4n) is 3.05. The van der Waals surface area contributed by atoms with Crippen molar-refractivity contribution in [2.75, 3.05) is 13.7 Å². The number of hydrogen-bond donors (Lipinski definition) is 2. The molecule has 0 bridgehead atoms. The van der Waals surface area contributed by atoms with Crippen molar-refractivity contribution < 1.29 is 14.6 Å². The number of hydrogen-bond acceptors (Lipinski definition) is 3. The van der Waals surface area contributed by atoms with Crippen LogP contribution < -0.4 is 10.1 Å². The molecule has 1 aromatic rings. The Bertz CT molecular complexity index is 471. The van der Waals surface area contributed by atoms with Crippen LogP contribution in [0.4, 0.5) is 0 Å². The number of amides is 1. The first-order valence-corrected chi connectivity index (χ1v) is 7.63. The number of nitrogens with one attached hydrogen (secondary N) is 1. The zero-order valence-electron chi connectivity index (χ0n) is 12.9. The minimum atomic E-state index is -0.729. The summed E-state index contributed by atoms with van der Waals surface area (Å²) in [6, 6.07) is 7.46. The molecule has 0 radical (unpaired) electrons. The largest absolute Gasteiger partial charge is 0.497 e. The third kappa shape index (κ3) is 4.74. The van der Waals surface area contributed by atoms with E-state index >= 15 is 0 Å². The highest BCUT2D eigenvalue weighted by Crippen LogP contribution is 2.31. The molecule has 0 heterocycles. The standard InChI is InChI=1S/C17H25NO3/c1-13-4-3-9-17(20,11-13)12-18-16(19)10-14-5-7-15(21-2)8-6-14/h5-8,13,20H,3-4,9-12H2,1-2H3,(H,18,19). The zero-order chi connectivity index (χ0) is 15.3. The maximum absolute atomic E-state index is 12.0. The summed E-state index contributed by atoms with van der Waals surface area (Å²) >= 11 is 0. The topological polar surface area (TPSA) is 58.6 Å². The summed E-state index contributed by atoms with van der Waals surface area (Å²) in [5.41, 5.74) is 0.213. The highest BCUT2D eigenvalue weighted by Gasteiger charge is 2.32. The predicted octanol–water partition coefficient (Wildman–Crippen LogP) is 2.30. The van der Waals surface area contributed by atoms with E-state index in [4.69, 9.17) is 4.74 Å². The van der Waals surface area contributed by atoms with Gasteiger partial charge in [0.05, 0.1) is 19.1 Å². The molecule has 1 aromatic carbocycles. The van der Waals surface area contributed by atoms with Crippen LogP contribution in [-0.4, -0.2) is 30.3 Å². The first kappa shape index (κ1) is 15.8. The van der Waals surface area contributed by atoms with Crippen molar-refractivity contribution in [1.29, 1.82) is 0 Å². The Labute approximate surface area is 126 Å². The predicted molar refractivity (Wildman–Crippen MR) is 82.3 cm³/mol. The maximum Gasteiger partial charge on any atom is 0.224 e. The molecule has 1 fully saturated rings. The van der Waals surface area contributed by atoms with Crippen LogP contribution in [-0.2, 0) is 11.2 Å². The Morgan fingerprint density at radius 1 is 1.43 bits per heavy atom. The second kappa shape index (κ2) is 6.94. The average Bonchev–Trinajstić information content (AvgIpc) is 2.46. The number of aliphatic hydroxyl groups is 1. The molecule has 2 rings (SSSR count). The summed E-state index contributed by atoms with van der Waals surface area (Å²) in [6.45, 7) is 2.51. The highest BCUT2D eigenvalue weighted by atomic mass is 16.5. The normalized spacial score (nSPS) is 25.4. The van der Waals surface area contributed by atoms with Crippen molar-refractivity contribution in [1.82, 2.24) is 5.32 Å². The second-order valence-electron chi connectivity index (χ2n) is 6.23. The van der Waals surface area contributed by atoms with E-state index in [0.717, 1.165) is 30.6 Å². The molecule has 4 nitrogen and oxygen atoms in total. The number of ether oxygens (including phenoxy) is 1. The van der Waals surface area contributed by atoms with Crippen LogP contribution in [0.5, 0.6) is 5.75 Å². The third-order valence-electron chi connectivity index (χ3n) is 4.21. The lowest BCUT2D eigenvalue weighted by molar-refractivity contribution is -0.122. The molecule has 21 heavy (non-hydrogen) atoms. The van der Waals surface area contributed by atoms with Crippen LogP contribution >= 0.6 is 0 Å². The number of carbonyl (C=O) groups excluding carboxylic acids is 1. The molecule has 1 saturated carbocycles. The number of carbonyl (C=O) groups is 1. The Morgan fingerprint density at radius 3 is 2.76 bits per heavy atom. The van der Waals surface area contributed by atoms with Crippen LogP contribution in [0, 0.1) is 5.92 Å². The van der Waals surface area contributed by atoms with Crippen LogP contribution in [0.25, 0.3) is 0 Å². The van der Waals surface area contributed by atoms with Gasteiger partial charge in [0.15, 0.2) is 0 Å². The van der Waals surface area contributed by atoms with Gasteiger partial charge >= 0.3 is 0 Å². The van der Waals surface area contributed by atoms with Gasteiger partial charge in [0, 0.05) is 6.54 Å². The van der Waals surface area contributed by atoms with Gasteiger partial charge in [-0.05, 0) is 36.5 Å². The fourth-order valence-corrected chi connectivity index (χ4v) is 3.05. The van der Waals surface area contributed by atoms with Crippen molar-refractivity contribution in [2.24, 2.45) is 5.92 Å². The van der Waals surface area contributed by atoms with Crippen molar-refractivity contribution in [3.8, 4) is 5.75 Å². The summed E-state index contributed by atoms with van der Waals surface area (Å²) in [6.07, 6.45) is 4.08. The van der Waals surface area contributed by atoms with Gasteiger partial charge in [-0.1, -0.05) is 31.9 Å². The molecule has 0 aliphatic heterocycles. The van der Waals surface area contributed by atoms with Gasteiger partial charge in [0.2, 0.25) is 5.91 Å². The molecule has 4 heteroatoms. The minimum absolute atomic E-state index is 0.0492. The number of rotatable bonds is 5. The van der Waals surface area contributed by atoms with Crippen molar-refractivity contribution in [3.05, 3.63) is 29.8 Å². The average molecular weight is 291 g/mol. The molecular weight excluding hydrogens is 266 g/mol. The van der Waals surface area contributed by atoms with Crippen LogP contribution in [0.1, 0.15) is 38.2 Å². The Balaban J connectivity index is 1.81. The van der Waals surface area contributed by atoms with E-state index in [2.05, 4.69) is 12.2 Å². The summed E-state index contributed by atoms with van der Waals surface area (Å²) in [5.74, 6) is 1.26. The molecular formula is C17H25NO3.